The molecule has 0 saturated carbocycles. The molecular formula is C17H23N3S. The van der Waals surface area contributed by atoms with Gasteiger partial charge in [0.2, 0.25) is 0 Å². The third-order valence-electron chi connectivity index (χ3n) is 3.31. The highest BCUT2D eigenvalue weighted by Crippen LogP contribution is 2.27. The van der Waals surface area contributed by atoms with Gasteiger partial charge >= 0.3 is 0 Å². The maximum absolute atomic E-state index is 4.36. The normalized spacial score (nSPS) is 11.6. The molecule has 21 heavy (non-hydrogen) atoms. The Hall–Kier alpha value is -1.55. The molecule has 0 aliphatic heterocycles. The van der Waals surface area contributed by atoms with Gasteiger partial charge in [-0.1, -0.05) is 69.8 Å². The zero-order chi connectivity index (χ0) is 15.5. The second-order valence-corrected chi connectivity index (χ2v) is 7.20. The number of allylic oxidation sites excluding steroid dienone is 1. The van der Waals surface area contributed by atoms with Crippen molar-refractivity contribution in [3.8, 4) is 11.4 Å². The van der Waals surface area contributed by atoms with Crippen LogP contribution in [0.5, 0.6) is 0 Å². The number of benzene rings is 1. The van der Waals surface area contributed by atoms with Gasteiger partial charge in [0.15, 0.2) is 11.0 Å². The summed E-state index contributed by atoms with van der Waals surface area (Å²) in [6.45, 7) is 13.3. The molecule has 112 valence electrons. The molecule has 1 heterocycles. The number of hydrogen-bond acceptors (Lipinski definition) is 3. The van der Waals surface area contributed by atoms with Crippen LogP contribution >= 0.6 is 11.8 Å². The van der Waals surface area contributed by atoms with Gasteiger partial charge in [0.25, 0.3) is 0 Å². The third kappa shape index (κ3) is 3.56. The van der Waals surface area contributed by atoms with Crippen molar-refractivity contribution >= 4 is 11.8 Å². The zero-order valence-corrected chi connectivity index (χ0v) is 14.1. The Morgan fingerprint density at radius 3 is 2.38 bits per heavy atom. The van der Waals surface area contributed by atoms with Crippen molar-refractivity contribution in [2.75, 3.05) is 5.75 Å². The molecule has 0 saturated heterocycles. The summed E-state index contributed by atoms with van der Waals surface area (Å²) in [6.07, 6.45) is 1.89. The molecular weight excluding hydrogens is 278 g/mol. The van der Waals surface area contributed by atoms with E-state index in [1.54, 1.807) is 11.8 Å². The Balaban J connectivity index is 2.39. The topological polar surface area (TPSA) is 30.7 Å². The highest BCUT2D eigenvalue weighted by atomic mass is 32.2. The minimum absolute atomic E-state index is 0.163. The zero-order valence-electron chi connectivity index (χ0n) is 13.3. The summed E-state index contributed by atoms with van der Waals surface area (Å²) in [7, 11) is 0. The van der Waals surface area contributed by atoms with Crippen LogP contribution in [0.3, 0.4) is 0 Å². The molecule has 0 atom stereocenters. The third-order valence-corrected chi connectivity index (χ3v) is 4.16. The lowest BCUT2D eigenvalue weighted by molar-refractivity contribution is 0.590. The first-order valence-corrected chi connectivity index (χ1v) is 8.23. The summed E-state index contributed by atoms with van der Waals surface area (Å²) in [5.41, 5.74) is 2.58. The molecule has 0 spiro atoms. The summed E-state index contributed by atoms with van der Waals surface area (Å²) in [4.78, 5) is 0. The molecule has 0 aliphatic carbocycles. The number of aromatic nitrogens is 3. The van der Waals surface area contributed by atoms with E-state index in [-0.39, 0.29) is 5.41 Å². The Morgan fingerprint density at radius 2 is 1.86 bits per heavy atom. The molecule has 1 aromatic carbocycles. The van der Waals surface area contributed by atoms with E-state index < -0.39 is 0 Å². The summed E-state index contributed by atoms with van der Waals surface area (Å²) in [5.74, 6) is 1.89. The summed E-state index contributed by atoms with van der Waals surface area (Å²) in [6, 6.07) is 8.61. The standard InChI is InChI=1S/C17H23N3S/c1-6-12-20-15(18-19-16(20)21-7-2)13-8-10-14(11-9-13)17(3,4)5/h6,8-11H,1,7,12H2,2-5H3. The maximum atomic E-state index is 4.36. The van der Waals surface area contributed by atoms with E-state index in [0.717, 1.165) is 28.8 Å². The molecule has 0 amide bonds. The van der Waals surface area contributed by atoms with Gasteiger partial charge in [-0.25, -0.2) is 0 Å². The number of hydrogen-bond donors (Lipinski definition) is 0. The van der Waals surface area contributed by atoms with Crippen LogP contribution in [0.1, 0.15) is 33.3 Å². The van der Waals surface area contributed by atoms with Crippen molar-refractivity contribution in [1.29, 1.82) is 0 Å². The fourth-order valence-electron chi connectivity index (χ4n) is 2.15. The summed E-state index contributed by atoms with van der Waals surface area (Å²) >= 11 is 1.71. The minimum Gasteiger partial charge on any atom is -0.298 e. The maximum Gasteiger partial charge on any atom is 0.191 e. The van der Waals surface area contributed by atoms with Crippen LogP contribution in [0.15, 0.2) is 42.1 Å². The fraction of sp³-hybridized carbons (Fsp3) is 0.412. The lowest BCUT2D eigenvalue weighted by atomic mass is 9.87. The summed E-state index contributed by atoms with van der Waals surface area (Å²) in [5, 5.41) is 9.61. The van der Waals surface area contributed by atoms with E-state index in [4.69, 9.17) is 0 Å². The van der Waals surface area contributed by atoms with E-state index in [1.165, 1.54) is 5.56 Å². The van der Waals surface area contributed by atoms with Gasteiger partial charge in [-0.05, 0) is 16.7 Å². The molecule has 1 aromatic heterocycles. The van der Waals surface area contributed by atoms with Crippen molar-refractivity contribution in [3.05, 3.63) is 42.5 Å². The van der Waals surface area contributed by atoms with E-state index in [0.29, 0.717) is 0 Å². The van der Waals surface area contributed by atoms with Crippen LogP contribution in [0, 0.1) is 0 Å². The van der Waals surface area contributed by atoms with Gasteiger partial charge in [0.05, 0.1) is 0 Å². The number of thioether (sulfide) groups is 1. The lowest BCUT2D eigenvalue weighted by Gasteiger charge is -2.19. The Labute approximate surface area is 131 Å². The van der Waals surface area contributed by atoms with E-state index in [9.17, 15) is 0 Å². The van der Waals surface area contributed by atoms with E-state index >= 15 is 0 Å². The molecule has 0 bridgehead atoms. The lowest BCUT2D eigenvalue weighted by Crippen LogP contribution is -2.10. The molecule has 4 heteroatoms. The predicted octanol–water partition coefficient (Wildman–Crippen LogP) is 4.54. The van der Waals surface area contributed by atoms with Gasteiger partial charge in [-0.3, -0.25) is 4.57 Å². The van der Waals surface area contributed by atoms with Crippen molar-refractivity contribution < 1.29 is 0 Å². The molecule has 0 fully saturated rings. The second-order valence-electron chi connectivity index (χ2n) is 5.97. The fourth-order valence-corrected chi connectivity index (χ4v) is 2.82. The molecule has 2 aromatic rings. The highest BCUT2D eigenvalue weighted by molar-refractivity contribution is 7.99. The van der Waals surface area contributed by atoms with Gasteiger partial charge < -0.3 is 0 Å². The van der Waals surface area contributed by atoms with E-state index in [2.05, 4.69) is 73.3 Å². The Kier molecular flexibility index (Phi) is 4.88. The smallest absolute Gasteiger partial charge is 0.191 e. The van der Waals surface area contributed by atoms with Crippen LogP contribution in [0.4, 0.5) is 0 Å². The number of nitrogens with zero attached hydrogens (tertiary/aromatic N) is 3. The monoisotopic (exact) mass is 301 g/mol. The van der Waals surface area contributed by atoms with Crippen LogP contribution in [-0.4, -0.2) is 20.5 Å². The molecule has 0 aliphatic rings. The Morgan fingerprint density at radius 1 is 1.19 bits per heavy atom. The quantitative estimate of drug-likeness (QED) is 0.600. The SMILES string of the molecule is C=CCn1c(SCC)nnc1-c1ccc(C(C)(C)C)cc1. The van der Waals surface area contributed by atoms with Crippen molar-refractivity contribution in [1.82, 2.24) is 14.8 Å². The van der Waals surface area contributed by atoms with Crippen molar-refractivity contribution in [3.63, 3.8) is 0 Å². The van der Waals surface area contributed by atoms with Gasteiger partial charge in [0.1, 0.15) is 0 Å². The van der Waals surface area contributed by atoms with Gasteiger partial charge in [0, 0.05) is 12.1 Å². The van der Waals surface area contributed by atoms with Crippen molar-refractivity contribution in [2.45, 2.75) is 44.8 Å². The Bertz CT molecular complexity index is 606. The molecule has 0 unspecified atom stereocenters. The van der Waals surface area contributed by atoms with Gasteiger partial charge in [-0.2, -0.15) is 0 Å². The average molecular weight is 301 g/mol. The highest BCUT2D eigenvalue weighted by Gasteiger charge is 2.16. The van der Waals surface area contributed by atoms with Crippen molar-refractivity contribution in [2.24, 2.45) is 0 Å². The minimum atomic E-state index is 0.163. The molecule has 0 N–H and O–H groups in total. The van der Waals surface area contributed by atoms with E-state index in [1.807, 2.05) is 6.08 Å². The average Bonchev–Trinajstić information content (AvgIpc) is 2.82. The number of rotatable bonds is 5. The van der Waals surface area contributed by atoms with Crippen LogP contribution in [0.2, 0.25) is 0 Å². The van der Waals surface area contributed by atoms with Crippen LogP contribution in [-0.2, 0) is 12.0 Å². The first-order valence-electron chi connectivity index (χ1n) is 7.25. The molecule has 0 radical (unpaired) electrons. The molecule has 2 rings (SSSR count). The predicted molar refractivity (Wildman–Crippen MR) is 90.8 cm³/mol. The first kappa shape index (κ1) is 15.8. The van der Waals surface area contributed by atoms with Crippen LogP contribution < -0.4 is 0 Å². The molecule has 3 nitrogen and oxygen atoms in total. The second kappa shape index (κ2) is 6.48. The summed E-state index contributed by atoms with van der Waals surface area (Å²) < 4.78 is 2.12. The van der Waals surface area contributed by atoms with Gasteiger partial charge in [-0.15, -0.1) is 16.8 Å². The largest absolute Gasteiger partial charge is 0.298 e. The first-order chi connectivity index (χ1) is 9.97. The van der Waals surface area contributed by atoms with Crippen LogP contribution in [0.25, 0.3) is 11.4 Å².